The molecule has 0 saturated carbocycles. The Hall–Kier alpha value is -1.66. The number of carbonyl (C=O) groups excluding carboxylic acids is 1. The van der Waals surface area contributed by atoms with Crippen molar-refractivity contribution in [2.75, 3.05) is 23.8 Å². The second-order valence-electron chi connectivity index (χ2n) is 4.94. The van der Waals surface area contributed by atoms with Crippen LogP contribution in [-0.4, -0.2) is 19.2 Å². The molecule has 0 bridgehead atoms. The number of hydrogen-bond donors (Lipinski definition) is 2. The number of carbonyl (C=O) groups is 1. The van der Waals surface area contributed by atoms with Crippen molar-refractivity contribution in [3.8, 4) is 0 Å². The van der Waals surface area contributed by atoms with Crippen molar-refractivity contribution < 1.29 is 18.4 Å². The molecule has 0 atom stereocenters. The fraction of sp³-hybridized carbons (Fsp3) is 0.235. The minimum Gasteiger partial charge on any atom is -0.308 e. The smallest absolute Gasteiger partial charge is 0.308 e. The average Bonchev–Trinajstić information content (AvgIpc) is 2.55. The van der Waals surface area contributed by atoms with Crippen LogP contribution in [0.5, 0.6) is 0 Å². The van der Waals surface area contributed by atoms with E-state index in [1.807, 2.05) is 12.1 Å². The Labute approximate surface area is 155 Å². The van der Waals surface area contributed by atoms with Crippen molar-refractivity contribution >= 4 is 46.2 Å². The summed E-state index contributed by atoms with van der Waals surface area (Å²) >= 11 is 3.35. The molecule has 2 aromatic carbocycles. The minimum atomic E-state index is -3.51. The van der Waals surface area contributed by atoms with Crippen LogP contribution in [0.2, 0.25) is 0 Å². The number of hydrogen-bond acceptors (Lipinski definition) is 4. The number of urea groups is 1. The van der Waals surface area contributed by atoms with Gasteiger partial charge in [-0.3, -0.25) is 4.57 Å². The van der Waals surface area contributed by atoms with E-state index in [1.165, 1.54) is 0 Å². The molecule has 2 amide bonds. The second-order valence-corrected chi connectivity index (χ2v) is 7.85. The molecule has 6 nitrogen and oxygen atoms in total. The molecule has 2 aromatic rings. The zero-order valence-corrected chi connectivity index (χ0v) is 16.5. The molecular formula is C17H20BrN2O4P. The van der Waals surface area contributed by atoms with E-state index in [4.69, 9.17) is 9.05 Å². The summed E-state index contributed by atoms with van der Waals surface area (Å²) in [5.74, 6) is 0. The van der Waals surface area contributed by atoms with Crippen LogP contribution in [0.4, 0.5) is 16.2 Å². The van der Waals surface area contributed by atoms with Gasteiger partial charge in [-0.1, -0.05) is 34.1 Å². The molecule has 134 valence electrons. The van der Waals surface area contributed by atoms with Crippen molar-refractivity contribution in [2.24, 2.45) is 0 Å². The molecule has 0 aliphatic carbocycles. The first-order chi connectivity index (χ1) is 12.0. The van der Waals surface area contributed by atoms with Gasteiger partial charge in [0, 0.05) is 10.2 Å². The number of benzene rings is 2. The highest BCUT2D eigenvalue weighted by Gasteiger charge is 2.30. The van der Waals surface area contributed by atoms with Gasteiger partial charge in [0.15, 0.2) is 0 Å². The molecule has 2 N–H and O–H groups in total. The lowest BCUT2D eigenvalue weighted by molar-refractivity contribution is 0.230. The first-order valence-corrected chi connectivity index (χ1v) is 10.1. The molecule has 0 aromatic heterocycles. The van der Waals surface area contributed by atoms with Gasteiger partial charge in [-0.05, 0) is 44.2 Å². The molecular weight excluding hydrogens is 407 g/mol. The van der Waals surface area contributed by atoms with Crippen LogP contribution >= 0.6 is 23.5 Å². The second kappa shape index (κ2) is 9.15. The molecule has 0 fully saturated rings. The van der Waals surface area contributed by atoms with Crippen LogP contribution in [-0.2, 0) is 13.6 Å². The number of nitrogens with one attached hydrogen (secondary N) is 2. The fourth-order valence-corrected chi connectivity index (χ4v) is 4.31. The molecule has 0 spiro atoms. The molecule has 0 heterocycles. The Bertz CT molecular complexity index is 775. The lowest BCUT2D eigenvalue weighted by atomic mass is 10.3. The highest BCUT2D eigenvalue weighted by Crippen LogP contribution is 2.48. The summed E-state index contributed by atoms with van der Waals surface area (Å²) in [5.41, 5.74) is 1.00. The number of anilines is 2. The fourth-order valence-electron chi connectivity index (χ4n) is 2.19. The highest BCUT2D eigenvalue weighted by molar-refractivity contribution is 9.10. The van der Waals surface area contributed by atoms with Gasteiger partial charge in [-0.2, -0.15) is 0 Å². The molecule has 8 heteroatoms. The summed E-state index contributed by atoms with van der Waals surface area (Å²) in [7, 11) is -3.51. The molecule has 0 radical (unpaired) electrons. The first kappa shape index (κ1) is 19.7. The van der Waals surface area contributed by atoms with Gasteiger partial charge >= 0.3 is 13.6 Å². The third kappa shape index (κ3) is 5.41. The normalized spacial score (nSPS) is 11.2. The zero-order chi connectivity index (χ0) is 18.3. The van der Waals surface area contributed by atoms with Gasteiger partial charge in [-0.25, -0.2) is 4.79 Å². The predicted molar refractivity (Wildman–Crippen MR) is 104 cm³/mol. The van der Waals surface area contributed by atoms with E-state index < -0.39 is 13.6 Å². The van der Waals surface area contributed by atoms with Crippen LogP contribution in [0.25, 0.3) is 0 Å². The highest BCUT2D eigenvalue weighted by atomic mass is 79.9. The van der Waals surface area contributed by atoms with Crippen molar-refractivity contribution in [1.29, 1.82) is 0 Å². The Balaban J connectivity index is 2.22. The summed E-state index contributed by atoms with van der Waals surface area (Å²) in [4.78, 5) is 12.3. The van der Waals surface area contributed by atoms with Crippen LogP contribution in [0.1, 0.15) is 13.8 Å². The van der Waals surface area contributed by atoms with Gasteiger partial charge < -0.3 is 19.7 Å². The molecule has 25 heavy (non-hydrogen) atoms. The van der Waals surface area contributed by atoms with Crippen molar-refractivity contribution in [3.63, 3.8) is 0 Å². The zero-order valence-electron chi connectivity index (χ0n) is 14.0. The maximum Gasteiger partial charge on any atom is 0.363 e. The number of halogens is 1. The Morgan fingerprint density at radius 2 is 1.72 bits per heavy atom. The van der Waals surface area contributed by atoms with Gasteiger partial charge in [-0.15, -0.1) is 0 Å². The van der Waals surface area contributed by atoms with Crippen LogP contribution in [0.15, 0.2) is 53.0 Å². The Kier molecular flexibility index (Phi) is 7.20. The van der Waals surface area contributed by atoms with Crippen molar-refractivity contribution in [1.82, 2.24) is 0 Å². The number of para-hydroxylation sites is 1. The van der Waals surface area contributed by atoms with Crippen LogP contribution in [0, 0.1) is 0 Å². The van der Waals surface area contributed by atoms with Crippen molar-refractivity contribution in [3.05, 3.63) is 53.0 Å². The van der Waals surface area contributed by atoms with Gasteiger partial charge in [0.2, 0.25) is 0 Å². The monoisotopic (exact) mass is 426 g/mol. The summed E-state index contributed by atoms with van der Waals surface area (Å²) in [5, 5.41) is 5.75. The van der Waals surface area contributed by atoms with Crippen LogP contribution in [0.3, 0.4) is 0 Å². The number of rotatable bonds is 7. The largest absolute Gasteiger partial charge is 0.363 e. The summed E-state index contributed by atoms with van der Waals surface area (Å²) in [6.07, 6.45) is 0. The van der Waals surface area contributed by atoms with E-state index in [1.54, 1.807) is 50.2 Å². The summed E-state index contributed by atoms with van der Waals surface area (Å²) in [6, 6.07) is 13.5. The van der Waals surface area contributed by atoms with E-state index in [2.05, 4.69) is 26.6 Å². The third-order valence-corrected chi connectivity index (χ3v) is 5.80. The molecule has 0 unspecified atom stereocenters. The molecule has 0 aliphatic rings. The van der Waals surface area contributed by atoms with Crippen LogP contribution < -0.4 is 15.9 Å². The molecule has 0 aliphatic heterocycles. The Morgan fingerprint density at radius 1 is 1.04 bits per heavy atom. The topological polar surface area (TPSA) is 76.7 Å². The van der Waals surface area contributed by atoms with Crippen molar-refractivity contribution in [2.45, 2.75) is 13.8 Å². The minimum absolute atomic E-state index is 0.232. The van der Waals surface area contributed by atoms with E-state index in [0.29, 0.717) is 16.7 Å². The maximum atomic E-state index is 13.0. The lowest BCUT2D eigenvalue weighted by Gasteiger charge is -2.20. The van der Waals surface area contributed by atoms with E-state index in [9.17, 15) is 9.36 Å². The SMILES string of the molecule is CCOP(=O)(OCC)c1ccccc1NC(=O)Nc1cccc(Br)c1. The molecule has 0 saturated heterocycles. The van der Waals surface area contributed by atoms with Gasteiger partial charge in [0.1, 0.15) is 0 Å². The summed E-state index contributed by atoms with van der Waals surface area (Å²) < 4.78 is 24.6. The molecule has 2 rings (SSSR count). The number of amides is 2. The standard InChI is InChI=1S/C17H20BrN2O4P/c1-3-23-25(22,24-4-2)16-11-6-5-10-15(16)20-17(21)19-14-9-7-8-13(18)12-14/h5-12H,3-4H2,1-2H3,(H2,19,20,21). The maximum absolute atomic E-state index is 13.0. The van der Waals surface area contributed by atoms with Gasteiger partial charge in [0.25, 0.3) is 0 Å². The summed E-state index contributed by atoms with van der Waals surface area (Å²) in [6.45, 7) is 3.94. The Morgan fingerprint density at radius 3 is 2.36 bits per heavy atom. The van der Waals surface area contributed by atoms with Gasteiger partial charge in [0.05, 0.1) is 24.2 Å². The lowest BCUT2D eigenvalue weighted by Crippen LogP contribution is -2.24. The predicted octanol–water partition coefficient (Wildman–Crippen LogP) is 4.98. The van der Waals surface area contributed by atoms with E-state index in [-0.39, 0.29) is 13.2 Å². The third-order valence-electron chi connectivity index (χ3n) is 3.13. The first-order valence-electron chi connectivity index (χ1n) is 7.80. The van der Waals surface area contributed by atoms with E-state index in [0.717, 1.165) is 4.47 Å². The van der Waals surface area contributed by atoms with E-state index >= 15 is 0 Å². The quantitative estimate of drug-likeness (QED) is 0.611. The average molecular weight is 427 g/mol.